The molecule has 0 radical (unpaired) electrons. The standard InChI is InChI=1S/C11H9F3O2/c12-11(13,14)9-5-7(10(15)16)4-6-2-1-3-8(6)9/h4-5H,1-3H2,(H,15,16). The summed E-state index contributed by atoms with van der Waals surface area (Å²) in [5.41, 5.74) is -0.294. The fourth-order valence-electron chi connectivity index (χ4n) is 2.08. The Bertz CT molecular complexity index is 449. The van der Waals surface area contributed by atoms with Crippen LogP contribution in [-0.4, -0.2) is 11.1 Å². The molecule has 0 aliphatic heterocycles. The van der Waals surface area contributed by atoms with Gasteiger partial charge in [-0.2, -0.15) is 13.2 Å². The number of carbonyl (C=O) groups is 1. The highest BCUT2D eigenvalue weighted by molar-refractivity contribution is 5.88. The molecule has 1 aliphatic rings. The maximum absolute atomic E-state index is 12.7. The van der Waals surface area contributed by atoms with Crippen LogP contribution in [0.15, 0.2) is 12.1 Å². The largest absolute Gasteiger partial charge is 0.478 e. The molecule has 0 unspecified atom stereocenters. The molecule has 2 rings (SSSR count). The second-order valence-corrected chi connectivity index (χ2v) is 3.82. The molecule has 0 heterocycles. The van der Waals surface area contributed by atoms with Crippen LogP contribution in [0.1, 0.15) is 33.5 Å². The van der Waals surface area contributed by atoms with E-state index < -0.39 is 17.7 Å². The molecule has 1 aliphatic carbocycles. The smallest absolute Gasteiger partial charge is 0.416 e. The number of carboxylic acids is 1. The molecule has 0 atom stereocenters. The Morgan fingerprint density at radius 1 is 1.25 bits per heavy atom. The summed E-state index contributed by atoms with van der Waals surface area (Å²) in [5.74, 6) is -1.32. The molecular formula is C11H9F3O2. The zero-order valence-electron chi connectivity index (χ0n) is 8.27. The number of fused-ring (bicyclic) bond motifs is 1. The third-order valence-electron chi connectivity index (χ3n) is 2.77. The molecule has 1 N–H and O–H groups in total. The number of halogens is 3. The van der Waals surface area contributed by atoms with Crippen molar-refractivity contribution in [3.8, 4) is 0 Å². The maximum Gasteiger partial charge on any atom is 0.416 e. The first-order valence-electron chi connectivity index (χ1n) is 4.86. The number of hydrogen-bond donors (Lipinski definition) is 1. The van der Waals surface area contributed by atoms with E-state index in [1.54, 1.807) is 0 Å². The van der Waals surface area contributed by atoms with Crippen molar-refractivity contribution in [1.82, 2.24) is 0 Å². The van der Waals surface area contributed by atoms with Gasteiger partial charge in [0.05, 0.1) is 11.1 Å². The molecule has 0 fully saturated rings. The van der Waals surface area contributed by atoms with Crippen molar-refractivity contribution < 1.29 is 23.1 Å². The van der Waals surface area contributed by atoms with E-state index >= 15 is 0 Å². The Balaban J connectivity index is 2.63. The van der Waals surface area contributed by atoms with E-state index in [-0.39, 0.29) is 11.1 Å². The molecule has 0 spiro atoms. The third kappa shape index (κ3) is 1.77. The van der Waals surface area contributed by atoms with Gasteiger partial charge in [-0.3, -0.25) is 0 Å². The Hall–Kier alpha value is -1.52. The molecule has 0 aromatic heterocycles. The number of carboxylic acid groups (broad SMARTS) is 1. The molecule has 86 valence electrons. The van der Waals surface area contributed by atoms with Gasteiger partial charge in [-0.1, -0.05) is 0 Å². The molecule has 2 nitrogen and oxygen atoms in total. The number of hydrogen-bond acceptors (Lipinski definition) is 1. The summed E-state index contributed by atoms with van der Waals surface area (Å²) in [6, 6.07) is 2.08. The Morgan fingerprint density at radius 2 is 1.94 bits per heavy atom. The summed E-state index contributed by atoms with van der Waals surface area (Å²) in [6.45, 7) is 0. The van der Waals surface area contributed by atoms with Gasteiger partial charge in [0.15, 0.2) is 0 Å². The van der Waals surface area contributed by atoms with Crippen molar-refractivity contribution in [2.45, 2.75) is 25.4 Å². The zero-order chi connectivity index (χ0) is 11.9. The van der Waals surface area contributed by atoms with E-state index in [1.807, 2.05) is 0 Å². The summed E-state index contributed by atoms with van der Waals surface area (Å²) in [4.78, 5) is 10.7. The maximum atomic E-state index is 12.7. The van der Waals surface area contributed by atoms with Crippen LogP contribution in [0.4, 0.5) is 13.2 Å². The highest BCUT2D eigenvalue weighted by Crippen LogP contribution is 2.37. The molecule has 0 saturated heterocycles. The van der Waals surface area contributed by atoms with Gasteiger partial charge >= 0.3 is 12.1 Å². The van der Waals surface area contributed by atoms with Crippen molar-refractivity contribution >= 4 is 5.97 Å². The van der Waals surface area contributed by atoms with Crippen molar-refractivity contribution in [1.29, 1.82) is 0 Å². The minimum absolute atomic E-state index is 0.262. The molecule has 16 heavy (non-hydrogen) atoms. The van der Waals surface area contributed by atoms with Crippen LogP contribution in [0.2, 0.25) is 0 Å². The van der Waals surface area contributed by atoms with Gasteiger partial charge in [0.1, 0.15) is 0 Å². The SMILES string of the molecule is O=C(O)c1cc2c(c(C(F)(F)F)c1)CCC2. The van der Waals surface area contributed by atoms with E-state index in [0.29, 0.717) is 24.8 Å². The average Bonchev–Trinajstić information content (AvgIpc) is 2.61. The van der Waals surface area contributed by atoms with Crippen LogP contribution in [0.3, 0.4) is 0 Å². The lowest BCUT2D eigenvalue weighted by Gasteiger charge is -2.13. The summed E-state index contributed by atoms with van der Waals surface area (Å²) in [5, 5.41) is 8.74. The number of rotatable bonds is 1. The van der Waals surface area contributed by atoms with E-state index in [4.69, 9.17) is 5.11 Å². The molecule has 1 aromatic rings. The first-order valence-corrected chi connectivity index (χ1v) is 4.86. The lowest BCUT2D eigenvalue weighted by molar-refractivity contribution is -0.138. The molecule has 0 bridgehead atoms. The molecule has 5 heteroatoms. The van der Waals surface area contributed by atoms with Crippen molar-refractivity contribution in [2.75, 3.05) is 0 Å². The molecule has 0 saturated carbocycles. The van der Waals surface area contributed by atoms with Gasteiger partial charge < -0.3 is 5.11 Å². The normalized spacial score (nSPS) is 14.9. The van der Waals surface area contributed by atoms with Crippen molar-refractivity contribution in [2.24, 2.45) is 0 Å². The fourth-order valence-corrected chi connectivity index (χ4v) is 2.08. The lowest BCUT2D eigenvalue weighted by Crippen LogP contribution is -2.11. The van der Waals surface area contributed by atoms with Crippen LogP contribution in [0, 0.1) is 0 Å². The number of aryl methyl sites for hydroxylation is 1. The van der Waals surface area contributed by atoms with Crippen molar-refractivity contribution in [3.05, 3.63) is 34.4 Å². The fraction of sp³-hybridized carbons (Fsp3) is 0.364. The summed E-state index contributed by atoms with van der Waals surface area (Å²) in [7, 11) is 0. The predicted molar refractivity (Wildman–Crippen MR) is 50.4 cm³/mol. The highest BCUT2D eigenvalue weighted by atomic mass is 19.4. The van der Waals surface area contributed by atoms with Crippen LogP contribution in [0.5, 0.6) is 0 Å². The van der Waals surface area contributed by atoms with Gasteiger partial charge in [0.25, 0.3) is 0 Å². The lowest BCUT2D eigenvalue weighted by atomic mass is 9.99. The molecular weight excluding hydrogens is 221 g/mol. The summed E-state index contributed by atoms with van der Waals surface area (Å²) < 4.78 is 38.1. The minimum atomic E-state index is -4.47. The van der Waals surface area contributed by atoms with Crippen LogP contribution >= 0.6 is 0 Å². The predicted octanol–water partition coefficient (Wildman–Crippen LogP) is 2.89. The van der Waals surface area contributed by atoms with Gasteiger partial charge in [-0.25, -0.2) is 4.79 Å². The van der Waals surface area contributed by atoms with Crippen LogP contribution in [0.25, 0.3) is 0 Å². The van der Waals surface area contributed by atoms with Gasteiger partial charge in [0, 0.05) is 0 Å². The quantitative estimate of drug-likeness (QED) is 0.805. The van der Waals surface area contributed by atoms with Crippen molar-refractivity contribution in [3.63, 3.8) is 0 Å². The van der Waals surface area contributed by atoms with Crippen LogP contribution in [-0.2, 0) is 19.0 Å². The second-order valence-electron chi connectivity index (χ2n) is 3.82. The number of alkyl halides is 3. The van der Waals surface area contributed by atoms with Gasteiger partial charge in [0.2, 0.25) is 0 Å². The van der Waals surface area contributed by atoms with E-state index in [1.165, 1.54) is 6.07 Å². The zero-order valence-corrected chi connectivity index (χ0v) is 8.27. The number of benzene rings is 1. The Morgan fingerprint density at radius 3 is 2.50 bits per heavy atom. The summed E-state index contributed by atoms with van der Waals surface area (Å²) in [6.07, 6.45) is -2.91. The summed E-state index contributed by atoms with van der Waals surface area (Å²) >= 11 is 0. The third-order valence-corrected chi connectivity index (χ3v) is 2.77. The van der Waals surface area contributed by atoms with E-state index in [0.717, 1.165) is 6.07 Å². The van der Waals surface area contributed by atoms with E-state index in [2.05, 4.69) is 0 Å². The Labute approximate surface area is 89.7 Å². The monoisotopic (exact) mass is 230 g/mol. The highest BCUT2D eigenvalue weighted by Gasteiger charge is 2.36. The number of aromatic carboxylic acids is 1. The van der Waals surface area contributed by atoms with Crippen LogP contribution < -0.4 is 0 Å². The second kappa shape index (κ2) is 3.50. The van der Waals surface area contributed by atoms with E-state index in [9.17, 15) is 18.0 Å². The first-order chi connectivity index (χ1) is 7.39. The van der Waals surface area contributed by atoms with Gasteiger partial charge in [-0.05, 0) is 42.5 Å². The topological polar surface area (TPSA) is 37.3 Å². The Kier molecular flexibility index (Phi) is 2.40. The molecule has 0 amide bonds. The molecule has 1 aromatic carbocycles. The minimum Gasteiger partial charge on any atom is -0.478 e. The average molecular weight is 230 g/mol. The first kappa shape index (κ1) is 11.0. The van der Waals surface area contributed by atoms with Gasteiger partial charge in [-0.15, -0.1) is 0 Å².